The van der Waals surface area contributed by atoms with Crippen LogP contribution in [0.25, 0.3) is 0 Å². The smallest absolute Gasteiger partial charge is 0.238 e. The van der Waals surface area contributed by atoms with Gasteiger partial charge in [-0.25, -0.2) is 0 Å². The van der Waals surface area contributed by atoms with Gasteiger partial charge in [0.25, 0.3) is 0 Å². The topological polar surface area (TPSA) is 50.4 Å². The molecule has 0 spiro atoms. The number of amides is 1. The summed E-state index contributed by atoms with van der Waals surface area (Å²) in [6.07, 6.45) is 3.74. The molecular formula is C16H20N2O2. The number of para-hydroxylation sites is 1. The van der Waals surface area contributed by atoms with E-state index >= 15 is 0 Å². The highest BCUT2D eigenvalue weighted by atomic mass is 16.5. The van der Waals surface area contributed by atoms with Crippen molar-refractivity contribution in [2.45, 2.75) is 31.3 Å². The molecule has 2 heterocycles. The molecule has 1 amide bonds. The summed E-state index contributed by atoms with van der Waals surface area (Å²) in [5.74, 6) is 2.28. The van der Waals surface area contributed by atoms with Crippen molar-refractivity contribution in [1.82, 2.24) is 10.6 Å². The minimum Gasteiger partial charge on any atom is -0.491 e. The maximum Gasteiger partial charge on any atom is 0.238 e. The summed E-state index contributed by atoms with van der Waals surface area (Å²) < 4.78 is 5.63. The number of carbonyl (C=O) groups is 1. The number of hydrogen-bond acceptors (Lipinski definition) is 3. The van der Waals surface area contributed by atoms with Crippen LogP contribution in [0.4, 0.5) is 0 Å². The van der Waals surface area contributed by atoms with E-state index in [9.17, 15) is 4.79 Å². The van der Waals surface area contributed by atoms with E-state index in [1.165, 1.54) is 19.3 Å². The van der Waals surface area contributed by atoms with Crippen molar-refractivity contribution >= 4 is 5.91 Å². The Labute approximate surface area is 118 Å². The van der Waals surface area contributed by atoms with E-state index in [1.54, 1.807) is 0 Å². The Balaban J connectivity index is 1.46. The molecule has 2 fully saturated rings. The molecule has 1 saturated heterocycles. The van der Waals surface area contributed by atoms with Crippen LogP contribution in [-0.2, 0) is 4.79 Å². The SMILES string of the molecule is O=C(NC1COc2ccccc21)C1NCC2CCCC21. The first-order valence-electron chi connectivity index (χ1n) is 7.58. The summed E-state index contributed by atoms with van der Waals surface area (Å²) in [6.45, 7) is 1.55. The summed E-state index contributed by atoms with van der Waals surface area (Å²) in [5, 5.41) is 6.57. The molecule has 2 N–H and O–H groups in total. The fourth-order valence-corrected chi connectivity index (χ4v) is 4.02. The van der Waals surface area contributed by atoms with E-state index < -0.39 is 0 Å². The van der Waals surface area contributed by atoms with Gasteiger partial charge in [-0.3, -0.25) is 4.79 Å². The summed E-state index contributed by atoms with van der Waals surface area (Å²) in [5.41, 5.74) is 1.10. The highest BCUT2D eigenvalue weighted by Crippen LogP contribution is 2.38. The maximum atomic E-state index is 12.5. The first-order chi connectivity index (χ1) is 9.83. The van der Waals surface area contributed by atoms with Crippen LogP contribution in [0.1, 0.15) is 30.9 Å². The first-order valence-corrected chi connectivity index (χ1v) is 7.58. The number of hydrogen-bond donors (Lipinski definition) is 2. The van der Waals surface area contributed by atoms with Crippen LogP contribution in [0.15, 0.2) is 24.3 Å². The van der Waals surface area contributed by atoms with Gasteiger partial charge in [-0.05, 0) is 37.3 Å². The van der Waals surface area contributed by atoms with Crippen LogP contribution in [0.2, 0.25) is 0 Å². The van der Waals surface area contributed by atoms with E-state index in [1.807, 2.05) is 24.3 Å². The van der Waals surface area contributed by atoms with E-state index in [0.717, 1.165) is 17.9 Å². The normalized spacial score (nSPS) is 34.4. The number of nitrogens with one attached hydrogen (secondary N) is 2. The fourth-order valence-electron chi connectivity index (χ4n) is 4.02. The number of fused-ring (bicyclic) bond motifs is 2. The van der Waals surface area contributed by atoms with E-state index in [2.05, 4.69) is 10.6 Å². The van der Waals surface area contributed by atoms with Gasteiger partial charge >= 0.3 is 0 Å². The van der Waals surface area contributed by atoms with Crippen LogP contribution < -0.4 is 15.4 Å². The molecule has 4 heteroatoms. The van der Waals surface area contributed by atoms with Crippen LogP contribution in [-0.4, -0.2) is 25.1 Å². The zero-order chi connectivity index (χ0) is 13.5. The molecule has 106 valence electrons. The maximum absolute atomic E-state index is 12.5. The zero-order valence-corrected chi connectivity index (χ0v) is 11.5. The molecule has 1 aromatic rings. The molecular weight excluding hydrogens is 252 g/mol. The molecule has 0 aromatic heterocycles. The van der Waals surface area contributed by atoms with E-state index in [0.29, 0.717) is 18.4 Å². The van der Waals surface area contributed by atoms with Gasteiger partial charge in [0.15, 0.2) is 0 Å². The zero-order valence-electron chi connectivity index (χ0n) is 11.5. The van der Waals surface area contributed by atoms with Crippen molar-refractivity contribution in [1.29, 1.82) is 0 Å². The molecule has 1 saturated carbocycles. The van der Waals surface area contributed by atoms with Crippen molar-refractivity contribution in [3.8, 4) is 5.75 Å². The third-order valence-corrected chi connectivity index (χ3v) is 5.04. The Bertz CT molecular complexity index is 531. The Hall–Kier alpha value is -1.55. The van der Waals surface area contributed by atoms with Gasteiger partial charge in [-0.2, -0.15) is 0 Å². The monoisotopic (exact) mass is 272 g/mol. The van der Waals surface area contributed by atoms with Crippen molar-refractivity contribution in [3.63, 3.8) is 0 Å². The highest BCUT2D eigenvalue weighted by molar-refractivity contribution is 5.83. The third kappa shape index (κ3) is 1.90. The quantitative estimate of drug-likeness (QED) is 0.860. The predicted octanol–water partition coefficient (Wildman–Crippen LogP) is 1.62. The number of rotatable bonds is 2. The number of carbonyl (C=O) groups excluding carboxylic acids is 1. The lowest BCUT2D eigenvalue weighted by Crippen LogP contribution is -2.45. The number of ether oxygens (including phenoxy) is 1. The Morgan fingerprint density at radius 3 is 3.15 bits per heavy atom. The largest absolute Gasteiger partial charge is 0.491 e. The minimum absolute atomic E-state index is 0.000882. The summed E-state index contributed by atoms with van der Waals surface area (Å²) in [4.78, 5) is 12.5. The lowest BCUT2D eigenvalue weighted by atomic mass is 9.93. The Morgan fingerprint density at radius 1 is 1.30 bits per heavy atom. The molecule has 1 aliphatic carbocycles. The molecule has 3 aliphatic rings. The molecule has 0 radical (unpaired) electrons. The van der Waals surface area contributed by atoms with Crippen molar-refractivity contribution in [3.05, 3.63) is 29.8 Å². The van der Waals surface area contributed by atoms with Gasteiger partial charge in [-0.15, -0.1) is 0 Å². The summed E-state index contributed by atoms with van der Waals surface area (Å²) in [7, 11) is 0. The second-order valence-corrected chi connectivity index (χ2v) is 6.15. The Morgan fingerprint density at radius 2 is 2.20 bits per heavy atom. The van der Waals surface area contributed by atoms with Crippen molar-refractivity contribution in [2.24, 2.45) is 11.8 Å². The molecule has 4 unspecified atom stereocenters. The standard InChI is InChI=1S/C16H20N2O2/c19-16(15-11-6-3-4-10(11)8-17-15)18-13-9-20-14-7-2-1-5-12(13)14/h1-2,5,7,10-11,13,15,17H,3-4,6,8-9H2,(H,18,19). The average Bonchev–Trinajstić information content (AvgIpc) is 3.13. The summed E-state index contributed by atoms with van der Waals surface area (Å²) >= 11 is 0. The fraction of sp³-hybridized carbons (Fsp3) is 0.562. The number of benzene rings is 1. The molecule has 0 bridgehead atoms. The van der Waals surface area contributed by atoms with E-state index in [4.69, 9.17) is 4.74 Å². The van der Waals surface area contributed by atoms with Gasteiger partial charge in [-0.1, -0.05) is 24.6 Å². The molecule has 4 nitrogen and oxygen atoms in total. The van der Waals surface area contributed by atoms with Crippen molar-refractivity contribution < 1.29 is 9.53 Å². The molecule has 4 atom stereocenters. The second-order valence-electron chi connectivity index (χ2n) is 6.15. The van der Waals surface area contributed by atoms with Crippen LogP contribution in [0, 0.1) is 11.8 Å². The first kappa shape index (κ1) is 12.2. The van der Waals surface area contributed by atoms with Crippen LogP contribution in [0.3, 0.4) is 0 Å². The van der Waals surface area contributed by atoms with Gasteiger partial charge < -0.3 is 15.4 Å². The van der Waals surface area contributed by atoms with Crippen LogP contribution in [0.5, 0.6) is 5.75 Å². The van der Waals surface area contributed by atoms with Gasteiger partial charge in [0, 0.05) is 5.56 Å². The summed E-state index contributed by atoms with van der Waals surface area (Å²) in [6, 6.07) is 7.95. The van der Waals surface area contributed by atoms with Gasteiger partial charge in [0.1, 0.15) is 12.4 Å². The van der Waals surface area contributed by atoms with E-state index in [-0.39, 0.29) is 18.0 Å². The highest BCUT2D eigenvalue weighted by Gasteiger charge is 2.43. The molecule has 4 rings (SSSR count). The van der Waals surface area contributed by atoms with Gasteiger partial charge in [0.2, 0.25) is 5.91 Å². The second kappa shape index (κ2) is 4.77. The molecule has 20 heavy (non-hydrogen) atoms. The lowest BCUT2D eigenvalue weighted by molar-refractivity contribution is -0.124. The van der Waals surface area contributed by atoms with Gasteiger partial charge in [0.05, 0.1) is 12.1 Å². The predicted molar refractivity (Wildman–Crippen MR) is 75.4 cm³/mol. The Kier molecular flexibility index (Phi) is 2.91. The molecule has 1 aromatic carbocycles. The molecule has 2 aliphatic heterocycles. The van der Waals surface area contributed by atoms with Crippen molar-refractivity contribution in [2.75, 3.05) is 13.2 Å². The van der Waals surface area contributed by atoms with Crippen LogP contribution >= 0.6 is 0 Å². The third-order valence-electron chi connectivity index (χ3n) is 5.04. The lowest BCUT2D eigenvalue weighted by Gasteiger charge is -2.20. The minimum atomic E-state index is -0.00439. The average molecular weight is 272 g/mol.